The SMILES string of the molecule is Cc1ccc(C(=O)O[C@@H](C)CN2CCOCC2)cc1. The minimum absolute atomic E-state index is 0.105. The first-order valence-electron chi connectivity index (χ1n) is 6.73. The van der Waals surface area contributed by atoms with Crippen molar-refractivity contribution < 1.29 is 14.3 Å². The molecule has 0 amide bonds. The predicted octanol–water partition coefficient (Wildman–Crippen LogP) is 1.87. The second-order valence-corrected chi connectivity index (χ2v) is 4.99. The van der Waals surface area contributed by atoms with Crippen molar-refractivity contribution in [3.63, 3.8) is 0 Å². The van der Waals surface area contributed by atoms with Gasteiger partial charge in [-0.05, 0) is 26.0 Å². The van der Waals surface area contributed by atoms with Crippen LogP contribution < -0.4 is 0 Å². The Morgan fingerprint density at radius 3 is 2.58 bits per heavy atom. The average Bonchev–Trinajstić information content (AvgIpc) is 2.40. The van der Waals surface area contributed by atoms with E-state index in [-0.39, 0.29) is 12.1 Å². The van der Waals surface area contributed by atoms with Crippen LogP contribution in [0.4, 0.5) is 0 Å². The first-order valence-corrected chi connectivity index (χ1v) is 6.73. The van der Waals surface area contributed by atoms with Gasteiger partial charge in [-0.1, -0.05) is 17.7 Å². The van der Waals surface area contributed by atoms with Gasteiger partial charge in [-0.2, -0.15) is 0 Å². The van der Waals surface area contributed by atoms with Gasteiger partial charge >= 0.3 is 5.97 Å². The molecule has 1 aromatic rings. The van der Waals surface area contributed by atoms with Crippen molar-refractivity contribution in [3.8, 4) is 0 Å². The number of ether oxygens (including phenoxy) is 2. The first kappa shape index (κ1) is 14.0. The number of carbonyl (C=O) groups is 1. The topological polar surface area (TPSA) is 38.8 Å². The number of hydrogen-bond donors (Lipinski definition) is 0. The molecule has 1 aliphatic heterocycles. The Morgan fingerprint density at radius 1 is 1.32 bits per heavy atom. The molecule has 0 aliphatic carbocycles. The molecule has 1 fully saturated rings. The molecule has 1 heterocycles. The van der Waals surface area contributed by atoms with Crippen LogP contribution in [-0.4, -0.2) is 49.8 Å². The fourth-order valence-electron chi connectivity index (χ4n) is 2.13. The van der Waals surface area contributed by atoms with E-state index in [1.165, 1.54) is 0 Å². The van der Waals surface area contributed by atoms with E-state index in [1.807, 2.05) is 26.0 Å². The Balaban J connectivity index is 1.82. The molecular weight excluding hydrogens is 242 g/mol. The van der Waals surface area contributed by atoms with Crippen LogP contribution >= 0.6 is 0 Å². The summed E-state index contributed by atoms with van der Waals surface area (Å²) in [6, 6.07) is 7.45. The first-order chi connectivity index (χ1) is 9.15. The van der Waals surface area contributed by atoms with E-state index in [0.717, 1.165) is 38.4 Å². The summed E-state index contributed by atoms with van der Waals surface area (Å²) in [7, 11) is 0. The Bertz CT molecular complexity index is 410. The van der Waals surface area contributed by atoms with Crippen LogP contribution in [0.5, 0.6) is 0 Å². The number of hydrogen-bond acceptors (Lipinski definition) is 4. The van der Waals surface area contributed by atoms with Crippen LogP contribution in [0.1, 0.15) is 22.8 Å². The van der Waals surface area contributed by atoms with Crippen LogP contribution in [0.3, 0.4) is 0 Å². The summed E-state index contributed by atoms with van der Waals surface area (Å²) in [5, 5.41) is 0. The molecule has 1 atom stereocenters. The molecule has 104 valence electrons. The molecule has 1 saturated heterocycles. The second-order valence-electron chi connectivity index (χ2n) is 4.99. The van der Waals surface area contributed by atoms with Crippen molar-refractivity contribution in [2.75, 3.05) is 32.8 Å². The van der Waals surface area contributed by atoms with Crippen LogP contribution in [0.15, 0.2) is 24.3 Å². The molecular formula is C15H21NO3. The summed E-state index contributed by atoms with van der Waals surface area (Å²) >= 11 is 0. The van der Waals surface area contributed by atoms with Crippen molar-refractivity contribution in [1.82, 2.24) is 4.90 Å². The van der Waals surface area contributed by atoms with Gasteiger partial charge in [0.05, 0.1) is 18.8 Å². The average molecular weight is 263 g/mol. The maximum atomic E-state index is 11.9. The highest BCUT2D eigenvalue weighted by atomic mass is 16.5. The van der Waals surface area contributed by atoms with Crippen LogP contribution in [0.2, 0.25) is 0 Å². The van der Waals surface area contributed by atoms with Crippen LogP contribution in [-0.2, 0) is 9.47 Å². The number of aryl methyl sites for hydroxylation is 1. The lowest BCUT2D eigenvalue weighted by Crippen LogP contribution is -2.41. The zero-order chi connectivity index (χ0) is 13.7. The summed E-state index contributed by atoms with van der Waals surface area (Å²) in [4.78, 5) is 14.2. The largest absolute Gasteiger partial charge is 0.458 e. The predicted molar refractivity (Wildman–Crippen MR) is 73.3 cm³/mol. The van der Waals surface area contributed by atoms with E-state index in [0.29, 0.717) is 5.56 Å². The van der Waals surface area contributed by atoms with Crippen molar-refractivity contribution in [3.05, 3.63) is 35.4 Å². The maximum absolute atomic E-state index is 11.9. The Hall–Kier alpha value is -1.39. The summed E-state index contributed by atoms with van der Waals surface area (Å²) in [6.45, 7) is 8.04. The molecule has 0 saturated carbocycles. The van der Waals surface area contributed by atoms with Crippen LogP contribution in [0, 0.1) is 6.92 Å². The van der Waals surface area contributed by atoms with Crippen molar-refractivity contribution in [2.24, 2.45) is 0 Å². The van der Waals surface area contributed by atoms with Crippen molar-refractivity contribution in [2.45, 2.75) is 20.0 Å². The van der Waals surface area contributed by atoms with Gasteiger partial charge in [0, 0.05) is 19.6 Å². The highest BCUT2D eigenvalue weighted by Gasteiger charge is 2.17. The molecule has 0 aromatic heterocycles. The molecule has 0 spiro atoms. The molecule has 19 heavy (non-hydrogen) atoms. The third-order valence-electron chi connectivity index (χ3n) is 3.21. The molecule has 0 unspecified atom stereocenters. The molecule has 2 rings (SSSR count). The summed E-state index contributed by atoms with van der Waals surface area (Å²) < 4.78 is 10.8. The fraction of sp³-hybridized carbons (Fsp3) is 0.533. The standard InChI is InChI=1S/C15H21NO3/c1-12-3-5-14(6-4-12)15(17)19-13(2)11-16-7-9-18-10-8-16/h3-6,13H,7-11H2,1-2H3/t13-/m0/s1. The van der Waals surface area contributed by atoms with E-state index in [2.05, 4.69) is 4.90 Å². The lowest BCUT2D eigenvalue weighted by molar-refractivity contribution is 0.000448. The highest BCUT2D eigenvalue weighted by molar-refractivity contribution is 5.89. The fourth-order valence-corrected chi connectivity index (χ4v) is 2.13. The van der Waals surface area contributed by atoms with Gasteiger partial charge in [0.1, 0.15) is 6.10 Å². The van der Waals surface area contributed by atoms with E-state index in [9.17, 15) is 4.79 Å². The summed E-state index contributed by atoms with van der Waals surface area (Å²) in [5.41, 5.74) is 1.75. The summed E-state index contributed by atoms with van der Waals surface area (Å²) in [6.07, 6.45) is -0.105. The van der Waals surface area contributed by atoms with Crippen molar-refractivity contribution in [1.29, 1.82) is 0 Å². The number of morpholine rings is 1. The molecule has 1 aliphatic rings. The third kappa shape index (κ3) is 4.33. The van der Waals surface area contributed by atoms with Crippen LogP contribution in [0.25, 0.3) is 0 Å². The third-order valence-corrected chi connectivity index (χ3v) is 3.21. The van der Waals surface area contributed by atoms with E-state index in [4.69, 9.17) is 9.47 Å². The zero-order valence-electron chi connectivity index (χ0n) is 11.6. The molecule has 0 bridgehead atoms. The monoisotopic (exact) mass is 263 g/mol. The number of rotatable bonds is 4. The van der Waals surface area contributed by atoms with E-state index >= 15 is 0 Å². The van der Waals surface area contributed by atoms with E-state index < -0.39 is 0 Å². The minimum Gasteiger partial charge on any atom is -0.458 e. The maximum Gasteiger partial charge on any atom is 0.338 e. The lowest BCUT2D eigenvalue weighted by atomic mass is 10.1. The zero-order valence-corrected chi connectivity index (χ0v) is 11.6. The van der Waals surface area contributed by atoms with E-state index in [1.54, 1.807) is 12.1 Å². The number of esters is 1. The molecule has 1 aromatic carbocycles. The Morgan fingerprint density at radius 2 is 1.95 bits per heavy atom. The van der Waals surface area contributed by atoms with Gasteiger partial charge in [-0.3, -0.25) is 4.90 Å². The van der Waals surface area contributed by atoms with Gasteiger partial charge in [0.25, 0.3) is 0 Å². The summed E-state index contributed by atoms with van der Waals surface area (Å²) in [5.74, 6) is -0.249. The number of benzene rings is 1. The van der Waals surface area contributed by atoms with Gasteiger partial charge in [-0.15, -0.1) is 0 Å². The van der Waals surface area contributed by atoms with Gasteiger partial charge < -0.3 is 9.47 Å². The van der Waals surface area contributed by atoms with Gasteiger partial charge in [0.15, 0.2) is 0 Å². The Labute approximate surface area is 114 Å². The Kier molecular flexibility index (Phi) is 4.93. The van der Waals surface area contributed by atoms with Crippen molar-refractivity contribution >= 4 is 5.97 Å². The highest BCUT2D eigenvalue weighted by Crippen LogP contribution is 2.08. The lowest BCUT2D eigenvalue weighted by Gasteiger charge is -2.28. The van der Waals surface area contributed by atoms with Gasteiger partial charge in [0.2, 0.25) is 0 Å². The molecule has 0 N–H and O–H groups in total. The minimum atomic E-state index is -0.249. The number of carbonyl (C=O) groups excluding carboxylic acids is 1. The van der Waals surface area contributed by atoms with Gasteiger partial charge in [-0.25, -0.2) is 4.79 Å². The molecule has 4 nitrogen and oxygen atoms in total. The second kappa shape index (κ2) is 6.68. The quantitative estimate of drug-likeness (QED) is 0.777. The molecule has 4 heteroatoms. The smallest absolute Gasteiger partial charge is 0.338 e. The molecule has 0 radical (unpaired) electrons. The number of nitrogens with zero attached hydrogens (tertiary/aromatic N) is 1. The normalized spacial score (nSPS) is 18.0.